The van der Waals surface area contributed by atoms with Crippen molar-refractivity contribution in [3.05, 3.63) is 0 Å². The topological polar surface area (TPSA) is 34.1 Å². The van der Waals surface area contributed by atoms with Gasteiger partial charge in [-0.25, -0.2) is 0 Å². The molecule has 0 aromatic rings. The first-order valence-corrected chi connectivity index (χ1v) is 8.30. The number of rotatable bonds is 8. The van der Waals surface area contributed by atoms with Crippen molar-refractivity contribution in [3.63, 3.8) is 0 Å². The van der Waals surface area contributed by atoms with Crippen LogP contribution < -0.4 is 0 Å². The predicted octanol–water partition coefficient (Wildman–Crippen LogP) is 4.24. The van der Waals surface area contributed by atoms with E-state index in [1.54, 1.807) is 0 Å². The second kappa shape index (κ2) is 7.73. The van der Waals surface area contributed by atoms with Crippen LogP contribution in [-0.2, 0) is 9.36 Å². The number of unbranched alkanes of at least 4 members (excludes halogenated alkanes) is 3. The molecule has 1 atom stereocenters. The molecule has 0 radical (unpaired) electrons. The van der Waals surface area contributed by atoms with E-state index in [2.05, 4.69) is 6.92 Å². The summed E-state index contributed by atoms with van der Waals surface area (Å²) in [6.45, 7) is -0.502. The Bertz CT molecular complexity index is 219. The highest BCUT2D eigenvalue weighted by atomic mass is 35.7. The normalized spacial score (nSPS) is 15.1. The van der Waals surface area contributed by atoms with Crippen molar-refractivity contribution in [3.8, 4) is 0 Å². The zero-order valence-electron chi connectivity index (χ0n) is 8.47. The molecule has 5 heteroatoms. The SMILES string of the molecule is CCCCCCP(=O)(Cl)CCC(=O)Cl. The molecule has 2 nitrogen and oxygen atoms in total. The third-order valence-corrected chi connectivity index (χ3v) is 5.07. The molecule has 0 spiro atoms. The molecule has 14 heavy (non-hydrogen) atoms. The van der Waals surface area contributed by atoms with Gasteiger partial charge >= 0.3 is 0 Å². The van der Waals surface area contributed by atoms with Gasteiger partial charge in [0.25, 0.3) is 0 Å². The lowest BCUT2D eigenvalue weighted by Crippen LogP contribution is -1.95. The van der Waals surface area contributed by atoms with E-state index in [0.29, 0.717) is 6.16 Å². The Morgan fingerprint density at radius 1 is 1.21 bits per heavy atom. The summed E-state index contributed by atoms with van der Waals surface area (Å²) in [4.78, 5) is 10.5. The Balaban J connectivity index is 3.61. The van der Waals surface area contributed by atoms with Crippen LogP contribution in [-0.4, -0.2) is 17.6 Å². The summed E-state index contributed by atoms with van der Waals surface area (Å²) in [6, 6.07) is 0. The lowest BCUT2D eigenvalue weighted by Gasteiger charge is -2.08. The second-order valence-electron chi connectivity index (χ2n) is 3.40. The van der Waals surface area contributed by atoms with Crippen molar-refractivity contribution in [2.45, 2.75) is 39.0 Å². The fourth-order valence-corrected chi connectivity index (χ4v) is 3.44. The molecular formula is C9H17Cl2O2P. The fourth-order valence-electron chi connectivity index (χ4n) is 1.14. The molecule has 0 aromatic heterocycles. The van der Waals surface area contributed by atoms with E-state index in [1.165, 1.54) is 0 Å². The Kier molecular flexibility index (Phi) is 8.00. The van der Waals surface area contributed by atoms with Crippen molar-refractivity contribution in [1.82, 2.24) is 0 Å². The van der Waals surface area contributed by atoms with Gasteiger partial charge < -0.3 is 4.57 Å². The molecule has 0 aromatic carbocycles. The standard InChI is InChI=1S/C9H17Cl2O2P/c1-2-3-4-5-7-14(11,13)8-6-9(10)12/h2-8H2,1H3. The van der Waals surface area contributed by atoms with Crippen LogP contribution in [0.25, 0.3) is 0 Å². The summed E-state index contributed by atoms with van der Waals surface area (Å²) in [5.41, 5.74) is 0. The summed E-state index contributed by atoms with van der Waals surface area (Å²) in [5.74, 6) is 0. The lowest BCUT2D eigenvalue weighted by molar-refractivity contribution is -0.111. The van der Waals surface area contributed by atoms with Crippen LogP contribution in [0.4, 0.5) is 0 Å². The minimum Gasteiger partial charge on any atom is -0.307 e. The van der Waals surface area contributed by atoms with Gasteiger partial charge in [0.15, 0.2) is 6.49 Å². The first-order chi connectivity index (χ1) is 6.48. The van der Waals surface area contributed by atoms with E-state index in [9.17, 15) is 9.36 Å². The van der Waals surface area contributed by atoms with Crippen molar-refractivity contribution in [2.75, 3.05) is 12.3 Å². The first kappa shape index (κ1) is 14.5. The Hall–Kier alpha value is 0.480. The largest absolute Gasteiger partial charge is 0.307 e. The highest BCUT2D eigenvalue weighted by Gasteiger charge is 2.18. The van der Waals surface area contributed by atoms with E-state index < -0.39 is 11.7 Å². The molecule has 0 N–H and O–H groups in total. The van der Waals surface area contributed by atoms with Gasteiger partial charge in [0, 0.05) is 18.7 Å². The predicted molar refractivity (Wildman–Crippen MR) is 62.8 cm³/mol. The zero-order chi connectivity index (χ0) is 11.0. The summed E-state index contributed by atoms with van der Waals surface area (Å²) in [5, 5.41) is -0.459. The third-order valence-electron chi connectivity index (χ3n) is 1.99. The molecule has 0 saturated heterocycles. The Morgan fingerprint density at radius 2 is 1.86 bits per heavy atom. The average molecular weight is 259 g/mol. The van der Waals surface area contributed by atoms with E-state index in [-0.39, 0.29) is 12.6 Å². The van der Waals surface area contributed by atoms with Crippen molar-refractivity contribution in [1.29, 1.82) is 0 Å². The molecular weight excluding hydrogens is 242 g/mol. The molecule has 1 unspecified atom stereocenters. The second-order valence-corrected chi connectivity index (χ2v) is 8.15. The quantitative estimate of drug-likeness (QED) is 0.371. The number of hydrogen-bond donors (Lipinski definition) is 0. The minimum atomic E-state index is -2.62. The van der Waals surface area contributed by atoms with E-state index in [4.69, 9.17) is 22.8 Å². The van der Waals surface area contributed by atoms with Crippen molar-refractivity contribution < 1.29 is 9.36 Å². The number of hydrogen-bond acceptors (Lipinski definition) is 2. The number of halogens is 2. The molecule has 0 fully saturated rings. The number of carbonyl (C=O) groups excluding carboxylic acids is 1. The lowest BCUT2D eigenvalue weighted by atomic mass is 10.2. The highest BCUT2D eigenvalue weighted by molar-refractivity contribution is 7.89. The van der Waals surface area contributed by atoms with Crippen LogP contribution in [0.15, 0.2) is 0 Å². The fraction of sp³-hybridized carbons (Fsp3) is 0.889. The van der Waals surface area contributed by atoms with Crippen LogP contribution in [0.2, 0.25) is 0 Å². The smallest absolute Gasteiger partial charge is 0.222 e. The molecule has 0 bridgehead atoms. The van der Waals surface area contributed by atoms with Gasteiger partial charge in [-0.3, -0.25) is 4.79 Å². The zero-order valence-corrected chi connectivity index (χ0v) is 10.9. The van der Waals surface area contributed by atoms with Gasteiger partial charge in [0.2, 0.25) is 5.24 Å². The maximum atomic E-state index is 11.6. The maximum Gasteiger partial charge on any atom is 0.222 e. The van der Waals surface area contributed by atoms with Crippen LogP contribution in [0.1, 0.15) is 39.0 Å². The summed E-state index contributed by atoms with van der Waals surface area (Å²) in [6.07, 6.45) is 5.11. The monoisotopic (exact) mass is 258 g/mol. The van der Waals surface area contributed by atoms with Gasteiger partial charge in [-0.15, -0.1) is 0 Å². The highest BCUT2D eigenvalue weighted by Crippen LogP contribution is 2.52. The molecule has 0 aliphatic rings. The van der Waals surface area contributed by atoms with Gasteiger partial charge in [-0.1, -0.05) is 37.4 Å². The molecule has 0 aliphatic heterocycles. The van der Waals surface area contributed by atoms with Crippen LogP contribution in [0.3, 0.4) is 0 Å². The van der Waals surface area contributed by atoms with Gasteiger partial charge in [0.05, 0.1) is 0 Å². The molecule has 0 aliphatic carbocycles. The minimum absolute atomic E-state index is 0.121. The van der Waals surface area contributed by atoms with E-state index in [0.717, 1.165) is 25.7 Å². The maximum absolute atomic E-state index is 11.6. The number of carbonyl (C=O) groups is 1. The van der Waals surface area contributed by atoms with Gasteiger partial charge in [-0.2, -0.15) is 0 Å². The molecule has 84 valence electrons. The average Bonchev–Trinajstić information content (AvgIpc) is 2.10. The van der Waals surface area contributed by atoms with Crippen molar-refractivity contribution >= 4 is 34.6 Å². The van der Waals surface area contributed by atoms with E-state index >= 15 is 0 Å². The van der Waals surface area contributed by atoms with Crippen LogP contribution in [0.5, 0.6) is 0 Å². The molecule has 0 rings (SSSR count). The molecule has 0 heterocycles. The first-order valence-electron chi connectivity index (χ1n) is 4.94. The molecule has 0 saturated carbocycles. The summed E-state index contributed by atoms with van der Waals surface area (Å²) >= 11 is 11.0. The van der Waals surface area contributed by atoms with Crippen LogP contribution in [0, 0.1) is 0 Å². The van der Waals surface area contributed by atoms with E-state index in [1.807, 2.05) is 0 Å². The Labute approximate surface area is 95.5 Å². The van der Waals surface area contributed by atoms with Crippen LogP contribution >= 0.6 is 29.3 Å². The summed E-state index contributed by atoms with van der Waals surface area (Å²) in [7, 11) is 0. The molecule has 0 amide bonds. The summed E-state index contributed by atoms with van der Waals surface area (Å²) < 4.78 is 11.6. The van der Waals surface area contributed by atoms with Crippen molar-refractivity contribution in [2.24, 2.45) is 0 Å². The third kappa shape index (κ3) is 9.05. The Morgan fingerprint density at radius 3 is 2.36 bits per heavy atom. The van der Waals surface area contributed by atoms with Gasteiger partial charge in [-0.05, 0) is 18.0 Å². The van der Waals surface area contributed by atoms with Gasteiger partial charge in [0.1, 0.15) is 0 Å².